The number of nitrogens with one attached hydrogen (secondary N) is 1. The first-order chi connectivity index (χ1) is 7.25. The van der Waals surface area contributed by atoms with E-state index in [0.717, 1.165) is 12.5 Å². The van der Waals surface area contributed by atoms with Crippen LogP contribution >= 0.6 is 0 Å². The zero-order valence-corrected chi connectivity index (χ0v) is 9.11. The molecule has 0 radical (unpaired) electrons. The maximum atomic E-state index is 12.0. The lowest BCUT2D eigenvalue weighted by Gasteiger charge is -2.26. The van der Waals surface area contributed by atoms with Crippen LogP contribution in [0.15, 0.2) is 0 Å². The molecule has 1 amide bonds. The van der Waals surface area contributed by atoms with E-state index >= 15 is 0 Å². The summed E-state index contributed by atoms with van der Waals surface area (Å²) < 4.78 is 0. The van der Waals surface area contributed by atoms with Crippen LogP contribution in [0.5, 0.6) is 0 Å². The molecule has 3 heteroatoms. The van der Waals surface area contributed by atoms with Crippen LogP contribution in [0.4, 0.5) is 0 Å². The zero-order chi connectivity index (χ0) is 10.4. The van der Waals surface area contributed by atoms with E-state index in [1.807, 2.05) is 0 Å². The van der Waals surface area contributed by atoms with Crippen LogP contribution < -0.4 is 11.1 Å². The molecule has 3 aliphatic rings. The second kappa shape index (κ2) is 3.48. The number of hydrogen-bond acceptors (Lipinski definition) is 2. The first kappa shape index (κ1) is 9.64. The standard InChI is InChI=1S/C12H20N2O/c13-11-9-4-3-8(5-9)10(11)12(15)14-6-7-1-2-7/h7-11H,1-6,13H2,(H,14,15). The molecule has 0 spiro atoms. The number of rotatable bonds is 3. The number of carbonyl (C=O) groups excluding carboxylic acids is 1. The Morgan fingerprint density at radius 2 is 1.93 bits per heavy atom. The zero-order valence-electron chi connectivity index (χ0n) is 9.11. The molecule has 2 bridgehead atoms. The van der Waals surface area contributed by atoms with Gasteiger partial charge >= 0.3 is 0 Å². The molecule has 0 saturated heterocycles. The molecule has 3 nitrogen and oxygen atoms in total. The molecule has 3 rings (SSSR count). The van der Waals surface area contributed by atoms with Crippen molar-refractivity contribution in [1.29, 1.82) is 0 Å². The van der Waals surface area contributed by atoms with Crippen LogP contribution in [-0.2, 0) is 4.79 Å². The fraction of sp³-hybridized carbons (Fsp3) is 0.917. The van der Waals surface area contributed by atoms with E-state index in [9.17, 15) is 4.79 Å². The third-order valence-electron chi connectivity index (χ3n) is 4.55. The van der Waals surface area contributed by atoms with Crippen molar-refractivity contribution in [2.45, 2.75) is 38.1 Å². The Labute approximate surface area is 90.8 Å². The van der Waals surface area contributed by atoms with Crippen LogP contribution in [-0.4, -0.2) is 18.5 Å². The van der Waals surface area contributed by atoms with E-state index < -0.39 is 0 Å². The molecule has 3 aliphatic carbocycles. The smallest absolute Gasteiger partial charge is 0.224 e. The predicted molar refractivity (Wildman–Crippen MR) is 58.0 cm³/mol. The summed E-state index contributed by atoms with van der Waals surface area (Å²) in [5.74, 6) is 2.35. The highest BCUT2D eigenvalue weighted by Crippen LogP contribution is 2.47. The van der Waals surface area contributed by atoms with Crippen molar-refractivity contribution in [3.05, 3.63) is 0 Å². The normalized spacial score (nSPS) is 43.3. The van der Waals surface area contributed by atoms with E-state index in [1.54, 1.807) is 0 Å². The van der Waals surface area contributed by atoms with Crippen molar-refractivity contribution in [3.63, 3.8) is 0 Å². The second-order valence-electron chi connectivity index (χ2n) is 5.62. The molecule has 0 aromatic heterocycles. The summed E-state index contributed by atoms with van der Waals surface area (Å²) in [5, 5.41) is 3.08. The largest absolute Gasteiger partial charge is 0.356 e. The lowest BCUT2D eigenvalue weighted by molar-refractivity contribution is -0.127. The summed E-state index contributed by atoms with van der Waals surface area (Å²) in [6.07, 6.45) is 6.26. The van der Waals surface area contributed by atoms with E-state index in [1.165, 1.54) is 32.1 Å². The van der Waals surface area contributed by atoms with E-state index in [2.05, 4.69) is 5.32 Å². The number of fused-ring (bicyclic) bond motifs is 2. The molecule has 3 saturated carbocycles. The molecule has 15 heavy (non-hydrogen) atoms. The fourth-order valence-corrected chi connectivity index (χ4v) is 3.41. The van der Waals surface area contributed by atoms with E-state index in [4.69, 9.17) is 5.73 Å². The summed E-state index contributed by atoms with van der Waals surface area (Å²) >= 11 is 0. The first-order valence-electron chi connectivity index (χ1n) is 6.29. The van der Waals surface area contributed by atoms with Crippen LogP contribution in [0.2, 0.25) is 0 Å². The fourth-order valence-electron chi connectivity index (χ4n) is 3.41. The van der Waals surface area contributed by atoms with Crippen molar-refractivity contribution in [2.24, 2.45) is 29.4 Å². The molecule has 84 valence electrons. The van der Waals surface area contributed by atoms with Gasteiger partial charge in [0.1, 0.15) is 0 Å². The Morgan fingerprint density at radius 1 is 1.20 bits per heavy atom. The van der Waals surface area contributed by atoms with E-state index in [-0.39, 0.29) is 17.9 Å². The number of nitrogens with two attached hydrogens (primary N) is 1. The molecule has 0 aromatic rings. The Kier molecular flexibility index (Phi) is 2.23. The van der Waals surface area contributed by atoms with Gasteiger partial charge in [-0.2, -0.15) is 0 Å². The average Bonchev–Trinajstić information content (AvgIpc) is 2.85. The highest BCUT2D eigenvalue weighted by atomic mass is 16.1. The minimum absolute atomic E-state index is 0.127. The Hall–Kier alpha value is -0.570. The van der Waals surface area contributed by atoms with Crippen LogP contribution in [0.3, 0.4) is 0 Å². The van der Waals surface area contributed by atoms with Crippen molar-refractivity contribution >= 4 is 5.91 Å². The number of carbonyl (C=O) groups is 1. The molecule has 3 fully saturated rings. The topological polar surface area (TPSA) is 55.1 Å². The molecular formula is C12H20N2O. The average molecular weight is 208 g/mol. The maximum Gasteiger partial charge on any atom is 0.224 e. The highest BCUT2D eigenvalue weighted by molar-refractivity contribution is 5.80. The van der Waals surface area contributed by atoms with Crippen LogP contribution in [0, 0.1) is 23.7 Å². The Morgan fingerprint density at radius 3 is 2.53 bits per heavy atom. The van der Waals surface area contributed by atoms with Gasteiger partial charge in [0, 0.05) is 12.6 Å². The van der Waals surface area contributed by atoms with Gasteiger partial charge in [0.25, 0.3) is 0 Å². The van der Waals surface area contributed by atoms with Gasteiger partial charge in [-0.15, -0.1) is 0 Å². The SMILES string of the molecule is NC1C2CCC(C2)C1C(=O)NCC1CC1. The summed E-state index contributed by atoms with van der Waals surface area (Å²) in [5.41, 5.74) is 6.13. The van der Waals surface area contributed by atoms with Gasteiger partial charge in [0.15, 0.2) is 0 Å². The quantitative estimate of drug-likeness (QED) is 0.723. The molecule has 3 N–H and O–H groups in total. The molecule has 0 aromatic carbocycles. The monoisotopic (exact) mass is 208 g/mol. The maximum absolute atomic E-state index is 12.0. The summed E-state index contributed by atoms with van der Waals surface area (Å²) in [4.78, 5) is 12.0. The van der Waals surface area contributed by atoms with Gasteiger partial charge in [0.2, 0.25) is 5.91 Å². The van der Waals surface area contributed by atoms with Gasteiger partial charge in [-0.3, -0.25) is 4.79 Å². The van der Waals surface area contributed by atoms with E-state index in [0.29, 0.717) is 11.8 Å². The third-order valence-corrected chi connectivity index (χ3v) is 4.55. The molecular weight excluding hydrogens is 188 g/mol. The summed E-state index contributed by atoms with van der Waals surface area (Å²) in [7, 11) is 0. The summed E-state index contributed by atoms with van der Waals surface area (Å²) in [6.45, 7) is 0.888. The van der Waals surface area contributed by atoms with Gasteiger partial charge in [-0.1, -0.05) is 0 Å². The highest BCUT2D eigenvalue weighted by Gasteiger charge is 2.49. The van der Waals surface area contributed by atoms with Crippen molar-refractivity contribution < 1.29 is 4.79 Å². The van der Waals surface area contributed by atoms with Gasteiger partial charge in [0.05, 0.1) is 5.92 Å². The van der Waals surface area contributed by atoms with Crippen molar-refractivity contribution in [3.8, 4) is 0 Å². The predicted octanol–water partition coefficient (Wildman–Crippen LogP) is 0.886. The lowest BCUT2D eigenvalue weighted by atomic mass is 9.84. The van der Waals surface area contributed by atoms with Gasteiger partial charge < -0.3 is 11.1 Å². The van der Waals surface area contributed by atoms with Crippen molar-refractivity contribution in [2.75, 3.05) is 6.54 Å². The Balaban J connectivity index is 1.58. The number of hydrogen-bond donors (Lipinski definition) is 2. The van der Waals surface area contributed by atoms with Crippen LogP contribution in [0.1, 0.15) is 32.1 Å². The minimum atomic E-state index is 0.127. The molecule has 4 unspecified atom stereocenters. The molecule has 0 aliphatic heterocycles. The lowest BCUT2D eigenvalue weighted by Crippen LogP contribution is -2.45. The first-order valence-corrected chi connectivity index (χ1v) is 6.29. The Bertz CT molecular complexity index is 273. The van der Waals surface area contributed by atoms with Crippen LogP contribution in [0.25, 0.3) is 0 Å². The molecule has 0 heterocycles. The van der Waals surface area contributed by atoms with Crippen molar-refractivity contribution in [1.82, 2.24) is 5.32 Å². The van der Waals surface area contributed by atoms with Gasteiger partial charge in [-0.25, -0.2) is 0 Å². The number of amides is 1. The minimum Gasteiger partial charge on any atom is -0.356 e. The van der Waals surface area contributed by atoms with Gasteiger partial charge in [-0.05, 0) is 49.9 Å². The second-order valence-corrected chi connectivity index (χ2v) is 5.62. The summed E-state index contributed by atoms with van der Waals surface area (Å²) in [6, 6.07) is 0.142. The third kappa shape index (κ3) is 1.67. The molecule has 4 atom stereocenters.